The van der Waals surface area contributed by atoms with Gasteiger partial charge in [0.2, 0.25) is 10.0 Å². The fourth-order valence-electron chi connectivity index (χ4n) is 1.61. The van der Waals surface area contributed by atoms with Crippen molar-refractivity contribution in [3.63, 3.8) is 0 Å². The molecule has 1 aromatic rings. The van der Waals surface area contributed by atoms with Crippen molar-refractivity contribution < 1.29 is 23.1 Å². The topological polar surface area (TPSA) is 92.7 Å². The van der Waals surface area contributed by atoms with Gasteiger partial charge in [-0.1, -0.05) is 23.7 Å². The fraction of sp³-hybridized carbons (Fsp3) is 0.308. The Hall–Kier alpha value is -1.57. The highest BCUT2D eigenvalue weighted by Crippen LogP contribution is 2.30. The lowest BCUT2D eigenvalue weighted by atomic mass is 10.2. The van der Waals surface area contributed by atoms with Crippen LogP contribution in [0.25, 0.3) is 0 Å². The molecule has 0 aliphatic heterocycles. The lowest BCUT2D eigenvalue weighted by molar-refractivity contribution is -0.142. The number of phenolic OH excluding ortho intramolecular Hbond substituents is 1. The summed E-state index contributed by atoms with van der Waals surface area (Å²) in [7, 11) is -2.96. The number of sulfonamides is 1. The number of phenols is 1. The Labute approximate surface area is 128 Å². The number of hydrogen-bond acceptors (Lipinski definition) is 5. The molecule has 21 heavy (non-hydrogen) atoms. The summed E-state index contributed by atoms with van der Waals surface area (Å²) in [5.74, 6) is -1.29. The molecule has 0 aliphatic rings. The van der Waals surface area contributed by atoms with E-state index in [9.17, 15) is 18.3 Å². The zero-order chi connectivity index (χ0) is 16.0. The van der Waals surface area contributed by atoms with Crippen LogP contribution in [0.1, 0.15) is 12.8 Å². The number of ether oxygens (including phenoxy) is 1. The number of halogens is 1. The maximum absolute atomic E-state index is 12.2. The van der Waals surface area contributed by atoms with E-state index in [1.807, 2.05) is 0 Å². The van der Waals surface area contributed by atoms with E-state index in [0.29, 0.717) is 6.42 Å². The van der Waals surface area contributed by atoms with Gasteiger partial charge in [-0.3, -0.25) is 4.79 Å². The number of nitrogens with one attached hydrogen (secondary N) is 1. The van der Waals surface area contributed by atoms with Crippen LogP contribution in [0.4, 0.5) is 0 Å². The number of esters is 1. The van der Waals surface area contributed by atoms with Gasteiger partial charge in [-0.15, -0.1) is 6.58 Å². The van der Waals surface area contributed by atoms with Gasteiger partial charge < -0.3 is 9.84 Å². The molecule has 1 rings (SSSR count). The van der Waals surface area contributed by atoms with E-state index in [1.165, 1.54) is 18.2 Å². The van der Waals surface area contributed by atoms with Gasteiger partial charge in [0.05, 0.1) is 12.1 Å². The minimum absolute atomic E-state index is 0.0985. The van der Waals surface area contributed by atoms with Crippen molar-refractivity contribution in [2.75, 3.05) is 7.11 Å². The maximum Gasteiger partial charge on any atom is 0.323 e. The minimum atomic E-state index is -4.12. The Morgan fingerprint density at radius 1 is 1.57 bits per heavy atom. The Morgan fingerprint density at radius 2 is 2.24 bits per heavy atom. The Balaban J connectivity index is 3.08. The summed E-state index contributed by atoms with van der Waals surface area (Å²) in [6.07, 6.45) is 2.17. The lowest BCUT2D eigenvalue weighted by Crippen LogP contribution is -2.41. The van der Waals surface area contributed by atoms with Crippen molar-refractivity contribution in [1.29, 1.82) is 0 Å². The lowest BCUT2D eigenvalue weighted by Gasteiger charge is -2.16. The van der Waals surface area contributed by atoms with Crippen molar-refractivity contribution in [2.45, 2.75) is 23.8 Å². The third-order valence-electron chi connectivity index (χ3n) is 2.68. The number of aromatic hydroxyl groups is 1. The molecule has 0 fully saturated rings. The normalized spacial score (nSPS) is 12.7. The first-order valence-electron chi connectivity index (χ1n) is 6.02. The highest BCUT2D eigenvalue weighted by molar-refractivity contribution is 7.89. The maximum atomic E-state index is 12.2. The second kappa shape index (κ2) is 7.44. The highest BCUT2D eigenvalue weighted by atomic mass is 35.5. The van der Waals surface area contributed by atoms with Crippen molar-refractivity contribution >= 4 is 27.6 Å². The number of para-hydroxylation sites is 1. The van der Waals surface area contributed by atoms with Crippen LogP contribution < -0.4 is 4.72 Å². The molecule has 6 nitrogen and oxygen atoms in total. The van der Waals surface area contributed by atoms with Crippen LogP contribution in [0.2, 0.25) is 5.02 Å². The van der Waals surface area contributed by atoms with E-state index in [-0.39, 0.29) is 11.4 Å². The summed E-state index contributed by atoms with van der Waals surface area (Å²) in [6, 6.07) is 2.85. The van der Waals surface area contributed by atoms with Crippen molar-refractivity contribution in [3.8, 4) is 5.75 Å². The van der Waals surface area contributed by atoms with Gasteiger partial charge in [0.25, 0.3) is 0 Å². The molecule has 0 saturated carbocycles. The van der Waals surface area contributed by atoms with Crippen molar-refractivity contribution in [1.82, 2.24) is 4.72 Å². The zero-order valence-corrected chi connectivity index (χ0v) is 12.9. The van der Waals surface area contributed by atoms with E-state index >= 15 is 0 Å². The molecule has 2 N–H and O–H groups in total. The number of hydrogen-bond donors (Lipinski definition) is 2. The second-order valence-corrected chi connectivity index (χ2v) is 6.24. The zero-order valence-electron chi connectivity index (χ0n) is 11.4. The van der Waals surface area contributed by atoms with Gasteiger partial charge in [-0.05, 0) is 25.0 Å². The Morgan fingerprint density at radius 3 is 2.81 bits per heavy atom. The average Bonchev–Trinajstić information content (AvgIpc) is 2.45. The van der Waals surface area contributed by atoms with Gasteiger partial charge in [0.1, 0.15) is 10.9 Å². The Kier molecular flexibility index (Phi) is 6.19. The van der Waals surface area contributed by atoms with Gasteiger partial charge in [-0.25, -0.2) is 8.42 Å². The molecule has 0 aliphatic carbocycles. The smallest absolute Gasteiger partial charge is 0.323 e. The average molecular weight is 334 g/mol. The first-order chi connectivity index (χ1) is 9.83. The predicted molar refractivity (Wildman–Crippen MR) is 78.7 cm³/mol. The molecule has 8 heteroatoms. The predicted octanol–water partition coefficient (Wildman–Crippen LogP) is 1.83. The number of rotatable bonds is 7. The first-order valence-corrected chi connectivity index (χ1v) is 7.88. The molecule has 0 amide bonds. The van der Waals surface area contributed by atoms with E-state index in [2.05, 4.69) is 16.0 Å². The molecule has 0 heterocycles. The largest absolute Gasteiger partial charge is 0.505 e. The van der Waals surface area contributed by atoms with Crippen molar-refractivity contribution in [2.24, 2.45) is 0 Å². The van der Waals surface area contributed by atoms with Gasteiger partial charge in [-0.2, -0.15) is 4.72 Å². The number of methoxy groups -OCH3 is 1. The molecule has 0 radical (unpaired) electrons. The fourth-order valence-corrected chi connectivity index (χ4v) is 3.18. The number of benzene rings is 1. The van der Waals surface area contributed by atoms with Crippen LogP contribution in [0.15, 0.2) is 35.7 Å². The molecule has 116 valence electrons. The summed E-state index contributed by atoms with van der Waals surface area (Å²) >= 11 is 5.68. The standard InChI is InChI=1S/C13H16ClNO5S/c1-3-4-7-10(13(17)20-2)15-21(18,19)11-8-5-6-9(14)12(11)16/h3,5-6,8,10,15-16H,1,4,7H2,2H3. The highest BCUT2D eigenvalue weighted by Gasteiger charge is 2.28. The minimum Gasteiger partial charge on any atom is -0.505 e. The molecular formula is C13H16ClNO5S. The van der Waals surface area contributed by atoms with Gasteiger partial charge in [0, 0.05) is 0 Å². The van der Waals surface area contributed by atoms with Crippen LogP contribution in [0.3, 0.4) is 0 Å². The van der Waals surface area contributed by atoms with Crippen molar-refractivity contribution in [3.05, 3.63) is 35.9 Å². The summed E-state index contributed by atoms with van der Waals surface area (Å²) < 4.78 is 31.2. The number of carbonyl (C=O) groups is 1. The van der Waals surface area contributed by atoms with E-state index in [0.717, 1.165) is 7.11 Å². The molecule has 0 aromatic heterocycles. The first kappa shape index (κ1) is 17.5. The third-order valence-corrected chi connectivity index (χ3v) is 4.49. The summed E-state index contributed by atoms with van der Waals surface area (Å²) in [5, 5.41) is 9.64. The molecule has 0 bridgehead atoms. The van der Waals surface area contributed by atoms with Crippen LogP contribution in [-0.4, -0.2) is 32.6 Å². The molecule has 0 spiro atoms. The summed E-state index contributed by atoms with van der Waals surface area (Å²) in [6.45, 7) is 3.51. The van der Waals surface area contributed by atoms with Gasteiger partial charge in [0.15, 0.2) is 5.75 Å². The van der Waals surface area contributed by atoms with E-state index < -0.39 is 32.7 Å². The molecule has 0 saturated heterocycles. The molecule has 1 aromatic carbocycles. The quantitative estimate of drug-likeness (QED) is 0.586. The summed E-state index contributed by atoms with van der Waals surface area (Å²) in [5.41, 5.74) is 0. The molecular weight excluding hydrogens is 318 g/mol. The van der Waals surface area contributed by atoms with E-state index in [4.69, 9.17) is 11.6 Å². The monoisotopic (exact) mass is 333 g/mol. The molecule has 1 atom stereocenters. The van der Waals surface area contributed by atoms with E-state index in [1.54, 1.807) is 6.08 Å². The molecule has 1 unspecified atom stereocenters. The van der Waals surface area contributed by atoms with Crippen LogP contribution in [0.5, 0.6) is 5.75 Å². The van der Waals surface area contributed by atoms with Crippen LogP contribution >= 0.6 is 11.6 Å². The second-order valence-electron chi connectivity index (χ2n) is 4.15. The Bertz CT molecular complexity index is 629. The summed E-state index contributed by atoms with van der Waals surface area (Å²) in [4.78, 5) is 11.2. The van der Waals surface area contributed by atoms with Crippen LogP contribution in [-0.2, 0) is 19.6 Å². The number of carbonyl (C=O) groups excluding carboxylic acids is 1. The SMILES string of the molecule is C=CCCC(NS(=O)(=O)c1cccc(Cl)c1O)C(=O)OC. The number of allylic oxidation sites excluding steroid dienone is 1. The third kappa shape index (κ3) is 4.45. The van der Waals surface area contributed by atoms with Gasteiger partial charge >= 0.3 is 5.97 Å². The van der Waals surface area contributed by atoms with Crippen LogP contribution in [0, 0.1) is 0 Å².